The second-order valence-corrected chi connectivity index (χ2v) is 21.3. The van der Waals surface area contributed by atoms with E-state index >= 15 is 0 Å². The van der Waals surface area contributed by atoms with Crippen molar-refractivity contribution in [3.8, 4) is 22.5 Å². The Kier molecular flexibility index (Phi) is 16.2. The van der Waals surface area contributed by atoms with Gasteiger partial charge in [0.05, 0.1) is 19.3 Å². The van der Waals surface area contributed by atoms with E-state index in [1.807, 2.05) is 71.9 Å². The Labute approximate surface area is 371 Å². The maximum atomic E-state index is 12.2. The molecule has 0 fully saturated rings. The molecular weight excluding hydrogens is 931 g/mol. The predicted molar refractivity (Wildman–Crippen MR) is 243 cm³/mol. The van der Waals surface area contributed by atoms with Crippen molar-refractivity contribution in [3.05, 3.63) is 137 Å². The zero-order chi connectivity index (χ0) is 46.2. The first kappa shape index (κ1) is 42.7. The van der Waals surface area contributed by atoms with Crippen LogP contribution in [0.2, 0.25) is 19.6 Å². The van der Waals surface area contributed by atoms with Crippen molar-refractivity contribution in [1.29, 1.82) is 0 Å². The van der Waals surface area contributed by atoms with Crippen molar-refractivity contribution >= 4 is 40.6 Å². The number of aryl methyl sites for hydroxylation is 5. The van der Waals surface area contributed by atoms with E-state index in [1.165, 1.54) is 5.19 Å². The Hall–Kier alpha value is -4.36. The summed E-state index contributed by atoms with van der Waals surface area (Å²) in [7, 11) is -1.48. The number of halogens is 2. The van der Waals surface area contributed by atoms with Crippen LogP contribution in [0.3, 0.4) is 0 Å². The van der Waals surface area contributed by atoms with Gasteiger partial charge in [-0.2, -0.15) is 0 Å². The monoisotopic (exact) mass is 995 g/mol. The van der Waals surface area contributed by atoms with Crippen LogP contribution in [-0.2, 0) is 24.9 Å². The third-order valence-electron chi connectivity index (χ3n) is 10.1. The molecule has 0 aliphatic heterocycles. The van der Waals surface area contributed by atoms with Crippen LogP contribution in [0.5, 0.6) is 0 Å². The van der Waals surface area contributed by atoms with Crippen LogP contribution >= 0.6 is 0 Å². The van der Waals surface area contributed by atoms with Gasteiger partial charge in [0.2, 0.25) is 6.43 Å². The first-order valence-corrected chi connectivity index (χ1v) is 23.6. The molecule has 6 rings (SSSR count). The van der Waals surface area contributed by atoms with Crippen molar-refractivity contribution in [2.75, 3.05) is 0 Å². The van der Waals surface area contributed by atoms with Gasteiger partial charge in [0.15, 0.2) is 5.78 Å². The minimum Gasteiger partial charge on any atom is -0.512 e. The van der Waals surface area contributed by atoms with Crippen molar-refractivity contribution in [1.82, 2.24) is 9.97 Å². The summed E-state index contributed by atoms with van der Waals surface area (Å²) < 4.78 is 56.9. The number of ketones is 1. The molecule has 59 heavy (non-hydrogen) atoms. The Morgan fingerprint density at radius 2 is 1.20 bits per heavy atom. The van der Waals surface area contributed by atoms with E-state index in [0.717, 1.165) is 78.0 Å². The summed E-state index contributed by atoms with van der Waals surface area (Å²) in [5, 5.41) is 14.4. The number of aromatic nitrogens is 2. The van der Waals surface area contributed by atoms with E-state index in [0.29, 0.717) is 19.3 Å². The first-order valence-electron chi connectivity index (χ1n) is 22.1. The van der Waals surface area contributed by atoms with Gasteiger partial charge >= 0.3 is 0 Å². The van der Waals surface area contributed by atoms with Crippen LogP contribution in [0, 0.1) is 58.6 Å². The van der Waals surface area contributed by atoms with Gasteiger partial charge in [-0.1, -0.05) is 115 Å². The predicted octanol–water partition coefficient (Wildman–Crippen LogP) is 13.6. The molecule has 1 unspecified atom stereocenters. The fourth-order valence-corrected chi connectivity index (χ4v) is 8.10. The van der Waals surface area contributed by atoms with Gasteiger partial charge in [0.1, 0.15) is 0 Å². The number of aliphatic hydroxyl groups is 1. The largest absolute Gasteiger partial charge is 0.512 e. The van der Waals surface area contributed by atoms with Gasteiger partial charge < -0.3 is 15.1 Å². The molecule has 0 spiro atoms. The molecule has 0 saturated heterocycles. The van der Waals surface area contributed by atoms with Crippen molar-refractivity contribution < 1.29 is 44.3 Å². The van der Waals surface area contributed by atoms with Crippen LogP contribution in [0.25, 0.3) is 44.1 Å². The number of rotatable bonds is 11. The summed E-state index contributed by atoms with van der Waals surface area (Å²) in [5.41, 5.74) is 8.74. The maximum absolute atomic E-state index is 12.2. The van der Waals surface area contributed by atoms with Gasteiger partial charge in [-0.3, -0.25) is 4.79 Å². The van der Waals surface area contributed by atoms with Crippen LogP contribution < -0.4 is 5.19 Å². The number of aliphatic hydroxyl groups excluding tert-OH is 1. The van der Waals surface area contributed by atoms with E-state index < -0.39 is 26.8 Å². The molecule has 2 heterocycles. The zero-order valence-electron chi connectivity index (χ0n) is 40.3. The second-order valence-electron chi connectivity index (χ2n) is 16.2. The molecule has 0 saturated carbocycles. The molecular formula is C51H60F2IrN2O2Si-2. The summed E-state index contributed by atoms with van der Waals surface area (Å²) >= 11 is 0. The van der Waals surface area contributed by atoms with E-state index in [2.05, 4.69) is 79.0 Å². The quantitative estimate of drug-likeness (QED) is 0.0608. The van der Waals surface area contributed by atoms with Gasteiger partial charge in [-0.25, -0.2) is 8.78 Å². The number of allylic oxidation sites excluding steroid dienone is 2. The Morgan fingerprint density at radius 1 is 0.729 bits per heavy atom. The number of alkyl halides is 2. The Bertz CT molecular complexity index is 2550. The maximum Gasteiger partial charge on any atom is 0.239 e. The van der Waals surface area contributed by atoms with Crippen LogP contribution in [0.1, 0.15) is 79.8 Å². The Balaban J connectivity index is 0.000000254. The van der Waals surface area contributed by atoms with Gasteiger partial charge in [0.25, 0.3) is 0 Å². The number of carbonyl (C=O) groups is 1. The summed E-state index contributed by atoms with van der Waals surface area (Å²) in [6.07, 6.45) is 0.119. The molecule has 1 radical (unpaired) electrons. The molecule has 6 aromatic rings. The van der Waals surface area contributed by atoms with Gasteiger partial charge in [-0.15, -0.1) is 69.8 Å². The minimum absolute atomic E-state index is 0. The molecule has 2 aromatic heterocycles. The van der Waals surface area contributed by atoms with Crippen LogP contribution in [0.15, 0.2) is 96.9 Å². The van der Waals surface area contributed by atoms with Crippen molar-refractivity contribution in [2.45, 2.75) is 107 Å². The van der Waals surface area contributed by atoms with Gasteiger partial charge in [-0.05, 0) is 71.2 Å². The summed E-state index contributed by atoms with van der Waals surface area (Å²) in [6.45, 7) is 22.5. The summed E-state index contributed by atoms with van der Waals surface area (Å²) in [4.78, 5) is 20.4. The third-order valence-corrected chi connectivity index (χ3v) is 12.2. The fourth-order valence-electron chi connectivity index (χ4n) is 6.94. The van der Waals surface area contributed by atoms with Crippen LogP contribution in [0.4, 0.5) is 8.78 Å². The van der Waals surface area contributed by atoms with E-state index in [1.54, 1.807) is 6.92 Å². The normalized spacial score (nSPS) is 13.0. The number of fused-ring (bicyclic) bond motifs is 2. The number of hydrogen-bond donors (Lipinski definition) is 1. The molecule has 4 aromatic carbocycles. The topological polar surface area (TPSA) is 63.1 Å². The molecule has 0 bridgehead atoms. The second kappa shape index (κ2) is 22.3. The number of benzene rings is 4. The zero-order valence-corrected chi connectivity index (χ0v) is 39.6. The summed E-state index contributed by atoms with van der Waals surface area (Å²) in [6, 6.07) is 27.5. The van der Waals surface area contributed by atoms with E-state index in [9.17, 15) is 18.7 Å². The molecule has 8 heteroatoms. The minimum atomic E-state index is -2.46. The van der Waals surface area contributed by atoms with Gasteiger partial charge in [0, 0.05) is 56.8 Å². The average Bonchev–Trinajstić information content (AvgIpc) is 3.19. The molecule has 4 nitrogen and oxygen atoms in total. The average molecular weight is 995 g/mol. The number of hydrogen-bond acceptors (Lipinski definition) is 4. The molecule has 1 N–H and O–H groups in total. The Morgan fingerprint density at radius 3 is 1.64 bits per heavy atom. The van der Waals surface area contributed by atoms with E-state index in [4.69, 9.17) is 5.48 Å². The first-order chi connectivity index (χ1) is 29.1. The number of pyridine rings is 2. The number of nitrogens with zero attached hydrogens (tertiary/aromatic N) is 2. The third kappa shape index (κ3) is 13.8. The smallest absolute Gasteiger partial charge is 0.239 e. The van der Waals surface area contributed by atoms with E-state index in [-0.39, 0.29) is 62.0 Å². The SMILES string of the molecule is CCC(CC)C(=O)/C=C(\O)C(CC)CC(F)F.[2H]c1nc(-c2[c-]c(C)cc(C)c2)c2ccc(C)cc2c1[2H].[2H]c1nc(-c2[c-]c(C)cc(C)c2)c2ccc([Si](C)(C)C)cc2c1[2H].[Ir]. The molecule has 0 aliphatic carbocycles. The van der Waals surface area contributed by atoms with Crippen LogP contribution in [-0.4, -0.2) is 35.4 Å². The number of carbonyl (C=O) groups excluding carboxylic acids is 1. The van der Waals surface area contributed by atoms with Crippen molar-refractivity contribution in [3.63, 3.8) is 0 Å². The van der Waals surface area contributed by atoms with Crippen molar-refractivity contribution in [2.24, 2.45) is 11.8 Å². The fraction of sp³-hybridized carbons (Fsp3) is 0.353. The standard InChI is InChI=1S/C20H22NSi.C18H16N.C13H22F2O2.Ir/c1-14-10-15(2)12-17(11-14)20-19-7-6-18(22(3,4)5)13-16(19)8-9-21-20;1-12-4-5-17-15(9-12)6-7-19-18(17)16-10-13(2)8-14(3)11-16;1-4-9(5-2)11(16)8-12(17)10(6-3)7-13(14)15;/h6-11,13H,1-5H3;4-10H,1-3H3;8-10,13,17H,4-7H2,1-3H3;/q2*-1;;/b;;12-8-;/i8D,9D;6D,7D;;. The molecule has 0 aliphatic rings. The molecule has 0 amide bonds. The molecule has 1 atom stereocenters. The molecule has 315 valence electrons. The summed E-state index contributed by atoms with van der Waals surface area (Å²) in [5.74, 6) is -1.11.